The highest BCUT2D eigenvalue weighted by atomic mass is 127. The number of halogens is 1. The molecule has 0 saturated heterocycles. The third-order valence-electron chi connectivity index (χ3n) is 2.40. The monoisotopic (exact) mass is 314 g/mol. The van der Waals surface area contributed by atoms with Crippen molar-refractivity contribution in [1.82, 2.24) is 0 Å². The molecule has 0 fully saturated rings. The maximum Gasteiger partial charge on any atom is 0.350 e. The van der Waals surface area contributed by atoms with Crippen molar-refractivity contribution in [2.75, 3.05) is 0 Å². The van der Waals surface area contributed by atoms with Gasteiger partial charge in [0.25, 0.3) is 0 Å². The highest BCUT2D eigenvalue weighted by molar-refractivity contribution is 14.1. The molecular weight excluding hydrogens is 303 g/mol. The highest BCUT2D eigenvalue weighted by Crippen LogP contribution is 2.27. The molecule has 0 aromatic rings. The molecule has 0 radical (unpaired) electrons. The van der Waals surface area contributed by atoms with Crippen LogP contribution < -0.4 is 5.63 Å². The van der Waals surface area contributed by atoms with E-state index < -0.39 is 0 Å². The van der Waals surface area contributed by atoms with E-state index in [0.717, 1.165) is 5.56 Å². The summed E-state index contributed by atoms with van der Waals surface area (Å²) in [6, 6.07) is 7.86. The molecule has 15 heavy (non-hydrogen) atoms. The molecule has 78 valence electrons. The fourth-order valence-corrected chi connectivity index (χ4v) is 2.03. The van der Waals surface area contributed by atoms with Gasteiger partial charge in [-0.1, -0.05) is 26.0 Å². The van der Waals surface area contributed by atoms with Crippen LogP contribution in [0.1, 0.15) is 25.3 Å². The Labute approximate surface area is 102 Å². The van der Waals surface area contributed by atoms with Crippen molar-refractivity contribution in [3.8, 4) is 11.3 Å². The summed E-state index contributed by atoms with van der Waals surface area (Å²) in [5.74, 6) is 1.11. The topological polar surface area (TPSA) is 30.2 Å². The van der Waals surface area contributed by atoms with Gasteiger partial charge < -0.3 is 4.42 Å². The normalized spacial score (nSPS) is 11.2. The molecule has 2 nitrogen and oxygen atoms in total. The molecule has 0 atom stereocenters. The van der Waals surface area contributed by atoms with Crippen molar-refractivity contribution in [2.24, 2.45) is 0 Å². The van der Waals surface area contributed by atoms with Crippen LogP contribution in [-0.2, 0) is 0 Å². The summed E-state index contributed by atoms with van der Waals surface area (Å²) in [5.41, 5.74) is 1.88. The van der Waals surface area contributed by atoms with Crippen molar-refractivity contribution in [3.05, 3.63) is 43.8 Å². The number of hydrogen-bond acceptors (Lipinski definition) is 2. The van der Waals surface area contributed by atoms with E-state index in [4.69, 9.17) is 4.42 Å². The van der Waals surface area contributed by atoms with Gasteiger partial charge in [0.15, 0.2) is 0 Å². The SMILES string of the molecule is CC(C)c1cccc2oc(=O)c(I)c-2c1. The first-order valence-corrected chi connectivity index (χ1v) is 5.89. The number of rotatable bonds is 1. The molecule has 0 aromatic carbocycles. The fourth-order valence-electron chi connectivity index (χ4n) is 1.50. The maximum absolute atomic E-state index is 11.3. The van der Waals surface area contributed by atoms with E-state index in [1.165, 1.54) is 5.56 Å². The van der Waals surface area contributed by atoms with Crippen molar-refractivity contribution < 1.29 is 4.42 Å². The van der Waals surface area contributed by atoms with E-state index in [9.17, 15) is 4.79 Å². The van der Waals surface area contributed by atoms with Crippen LogP contribution in [0.3, 0.4) is 0 Å². The minimum Gasteiger partial charge on any atom is -0.422 e. The smallest absolute Gasteiger partial charge is 0.350 e. The van der Waals surface area contributed by atoms with Gasteiger partial charge in [0.2, 0.25) is 0 Å². The number of furan rings is 1. The van der Waals surface area contributed by atoms with Crippen LogP contribution in [0, 0.1) is 3.57 Å². The van der Waals surface area contributed by atoms with E-state index in [-0.39, 0.29) is 5.63 Å². The zero-order valence-corrected chi connectivity index (χ0v) is 10.7. The second kappa shape index (κ2) is 3.96. The Bertz CT molecular complexity index is 514. The van der Waals surface area contributed by atoms with Gasteiger partial charge in [0, 0.05) is 5.56 Å². The lowest BCUT2D eigenvalue weighted by Gasteiger charge is -2.01. The lowest BCUT2D eigenvalue weighted by Crippen LogP contribution is -1.94. The van der Waals surface area contributed by atoms with Crippen molar-refractivity contribution >= 4 is 22.6 Å². The minimum absolute atomic E-state index is 0.244. The van der Waals surface area contributed by atoms with Gasteiger partial charge in [0.1, 0.15) is 9.33 Å². The molecule has 1 aliphatic heterocycles. The number of hydrogen-bond donors (Lipinski definition) is 0. The molecular formula is C12H11IO2. The van der Waals surface area contributed by atoms with Crippen LogP contribution in [-0.4, -0.2) is 0 Å². The van der Waals surface area contributed by atoms with Crippen LogP contribution >= 0.6 is 22.6 Å². The lowest BCUT2D eigenvalue weighted by molar-refractivity contribution is 0.543. The molecule has 0 saturated carbocycles. The molecule has 3 heteroatoms. The molecule has 0 amide bonds. The summed E-state index contributed by atoms with van der Waals surface area (Å²) in [4.78, 5) is 11.3. The molecule has 2 rings (SSSR count). The first-order chi connectivity index (χ1) is 7.09. The van der Waals surface area contributed by atoms with Crippen molar-refractivity contribution in [3.63, 3.8) is 0 Å². The Morgan fingerprint density at radius 2 is 2.07 bits per heavy atom. The first-order valence-electron chi connectivity index (χ1n) is 4.82. The largest absolute Gasteiger partial charge is 0.422 e. The van der Waals surface area contributed by atoms with Gasteiger partial charge in [-0.2, -0.15) is 0 Å². The lowest BCUT2D eigenvalue weighted by atomic mass is 10.0. The number of fused-ring (bicyclic) bond motifs is 1. The van der Waals surface area contributed by atoms with E-state index in [2.05, 4.69) is 19.9 Å². The molecule has 0 bridgehead atoms. The highest BCUT2D eigenvalue weighted by Gasteiger charge is 2.14. The Balaban J connectivity index is 2.74. The summed E-state index contributed by atoms with van der Waals surface area (Å²) >= 11 is 2.04. The third-order valence-corrected chi connectivity index (χ3v) is 3.42. The van der Waals surface area contributed by atoms with E-state index in [0.29, 0.717) is 15.2 Å². The Morgan fingerprint density at radius 3 is 2.73 bits per heavy atom. The Morgan fingerprint density at radius 1 is 1.33 bits per heavy atom. The summed E-state index contributed by atoms with van der Waals surface area (Å²) in [7, 11) is 0. The predicted octanol–water partition coefficient (Wildman–Crippen LogP) is 3.47. The van der Waals surface area contributed by atoms with Crippen LogP contribution in [0.4, 0.5) is 0 Å². The third kappa shape index (κ3) is 1.93. The maximum atomic E-state index is 11.3. The minimum atomic E-state index is -0.244. The van der Waals surface area contributed by atoms with Gasteiger partial charge in [-0.25, -0.2) is 4.79 Å². The van der Waals surface area contributed by atoms with Crippen LogP contribution in [0.15, 0.2) is 33.5 Å². The van der Waals surface area contributed by atoms with Gasteiger partial charge in [-0.3, -0.25) is 0 Å². The van der Waals surface area contributed by atoms with Crippen LogP contribution in [0.5, 0.6) is 0 Å². The average Bonchev–Trinajstić information content (AvgIpc) is 2.41. The van der Waals surface area contributed by atoms with Gasteiger partial charge in [0.05, 0.1) is 0 Å². The molecule has 1 aliphatic carbocycles. The van der Waals surface area contributed by atoms with Crippen LogP contribution in [0.2, 0.25) is 0 Å². The standard InChI is InChI=1S/C12H11IO2/c1-7(2)8-4-3-5-10-9(6-8)11(13)12(14)15-10/h3-7H,1-2H3. The summed E-state index contributed by atoms with van der Waals surface area (Å²) in [6.07, 6.45) is 0. The molecule has 0 spiro atoms. The summed E-state index contributed by atoms with van der Waals surface area (Å²) < 4.78 is 5.80. The van der Waals surface area contributed by atoms with E-state index in [1.54, 1.807) is 0 Å². The van der Waals surface area contributed by atoms with Crippen molar-refractivity contribution in [1.29, 1.82) is 0 Å². The van der Waals surface area contributed by atoms with E-state index >= 15 is 0 Å². The van der Waals surface area contributed by atoms with E-state index in [1.807, 2.05) is 40.8 Å². The fraction of sp³-hybridized carbons (Fsp3) is 0.250. The van der Waals surface area contributed by atoms with Crippen molar-refractivity contribution in [2.45, 2.75) is 19.8 Å². The zero-order chi connectivity index (χ0) is 11.0. The molecule has 0 N–H and O–H groups in total. The average molecular weight is 314 g/mol. The Kier molecular flexibility index (Phi) is 2.82. The quantitative estimate of drug-likeness (QED) is 0.755. The molecule has 0 aromatic heterocycles. The van der Waals surface area contributed by atoms with Crippen LogP contribution in [0.25, 0.3) is 11.3 Å². The van der Waals surface area contributed by atoms with Gasteiger partial charge in [-0.05, 0) is 46.2 Å². The molecule has 0 unspecified atom stereocenters. The second-order valence-corrected chi connectivity index (χ2v) is 4.88. The summed E-state index contributed by atoms with van der Waals surface area (Å²) in [5, 5.41) is 0. The first kappa shape index (κ1) is 10.7. The molecule has 1 heterocycles. The zero-order valence-electron chi connectivity index (χ0n) is 8.58. The van der Waals surface area contributed by atoms with Gasteiger partial charge >= 0.3 is 5.63 Å². The second-order valence-electron chi connectivity index (χ2n) is 3.81. The predicted molar refractivity (Wildman–Crippen MR) is 68.4 cm³/mol. The molecule has 2 aliphatic rings. The van der Waals surface area contributed by atoms with Gasteiger partial charge in [-0.15, -0.1) is 0 Å². The summed E-state index contributed by atoms with van der Waals surface area (Å²) in [6.45, 7) is 4.26. The Hall–Kier alpha value is -0.840.